The van der Waals surface area contributed by atoms with Crippen LogP contribution >= 0.6 is 11.8 Å². The van der Waals surface area contributed by atoms with Gasteiger partial charge in [-0.1, -0.05) is 42.1 Å². The van der Waals surface area contributed by atoms with Gasteiger partial charge in [-0.15, -0.1) is 0 Å². The summed E-state index contributed by atoms with van der Waals surface area (Å²) in [6, 6.07) is 10.1. The van der Waals surface area contributed by atoms with Crippen molar-refractivity contribution in [3.63, 3.8) is 0 Å². The quantitative estimate of drug-likeness (QED) is 0.442. The molecule has 3 nitrogen and oxygen atoms in total. The third-order valence-corrected chi connectivity index (χ3v) is 2.61. The van der Waals surface area contributed by atoms with Gasteiger partial charge in [0.25, 0.3) is 0 Å². The van der Waals surface area contributed by atoms with E-state index in [-0.39, 0.29) is 5.17 Å². The fourth-order valence-electron chi connectivity index (χ4n) is 1.11. The van der Waals surface area contributed by atoms with Crippen LogP contribution in [0, 0.1) is 5.41 Å². The van der Waals surface area contributed by atoms with Crippen LogP contribution in [-0.2, 0) is 11.3 Å². The van der Waals surface area contributed by atoms with Crippen molar-refractivity contribution in [3.05, 3.63) is 35.9 Å². The van der Waals surface area contributed by atoms with Crippen LogP contribution in [0.2, 0.25) is 0 Å². The molecule has 1 rings (SSSR count). The van der Waals surface area contributed by atoms with E-state index in [9.17, 15) is 0 Å². The standard InChI is InChI=1S/C11H16N2OS/c12-11(13)15-8-4-7-14-9-10-5-2-1-3-6-10/h1-3,5-6H,4,7-9H2,(H3,12,13). The van der Waals surface area contributed by atoms with Crippen molar-refractivity contribution < 1.29 is 4.74 Å². The van der Waals surface area contributed by atoms with Crippen LogP contribution in [0.1, 0.15) is 12.0 Å². The Morgan fingerprint density at radius 2 is 2.07 bits per heavy atom. The fraction of sp³-hybridized carbons (Fsp3) is 0.364. The summed E-state index contributed by atoms with van der Waals surface area (Å²) >= 11 is 1.36. The van der Waals surface area contributed by atoms with Gasteiger partial charge in [-0.05, 0) is 12.0 Å². The molecule has 15 heavy (non-hydrogen) atoms. The molecule has 4 heteroatoms. The molecular formula is C11H16N2OS. The van der Waals surface area contributed by atoms with Gasteiger partial charge in [0.15, 0.2) is 5.17 Å². The lowest BCUT2D eigenvalue weighted by molar-refractivity contribution is 0.122. The van der Waals surface area contributed by atoms with E-state index in [1.165, 1.54) is 17.3 Å². The van der Waals surface area contributed by atoms with Gasteiger partial charge in [0.2, 0.25) is 0 Å². The van der Waals surface area contributed by atoms with Crippen molar-refractivity contribution >= 4 is 16.9 Å². The molecule has 0 unspecified atom stereocenters. The van der Waals surface area contributed by atoms with Gasteiger partial charge in [-0.25, -0.2) is 0 Å². The Kier molecular flexibility index (Phi) is 5.88. The molecule has 0 heterocycles. The number of hydrogen-bond acceptors (Lipinski definition) is 3. The summed E-state index contributed by atoms with van der Waals surface area (Å²) in [6.45, 7) is 1.38. The maximum absolute atomic E-state index is 7.01. The van der Waals surface area contributed by atoms with Gasteiger partial charge in [-0.2, -0.15) is 0 Å². The number of nitrogens with one attached hydrogen (secondary N) is 1. The summed E-state index contributed by atoms with van der Waals surface area (Å²) in [5.41, 5.74) is 6.40. The molecule has 3 N–H and O–H groups in total. The number of amidine groups is 1. The van der Waals surface area contributed by atoms with Gasteiger partial charge in [0, 0.05) is 12.4 Å². The second kappa shape index (κ2) is 7.31. The Bertz CT molecular complexity index is 290. The lowest BCUT2D eigenvalue weighted by Gasteiger charge is -2.03. The highest BCUT2D eigenvalue weighted by Crippen LogP contribution is 2.03. The number of rotatable bonds is 6. The van der Waals surface area contributed by atoms with E-state index in [0.29, 0.717) is 6.61 Å². The van der Waals surface area contributed by atoms with Gasteiger partial charge < -0.3 is 10.5 Å². The van der Waals surface area contributed by atoms with Gasteiger partial charge in [0.1, 0.15) is 0 Å². The Hall–Kier alpha value is -1.00. The first-order chi connectivity index (χ1) is 7.29. The zero-order valence-electron chi connectivity index (χ0n) is 8.61. The molecule has 0 aliphatic carbocycles. The van der Waals surface area contributed by atoms with Crippen LogP contribution in [0.5, 0.6) is 0 Å². The Labute approximate surface area is 94.5 Å². The van der Waals surface area contributed by atoms with E-state index in [4.69, 9.17) is 15.9 Å². The van der Waals surface area contributed by atoms with Crippen molar-refractivity contribution in [2.45, 2.75) is 13.0 Å². The largest absolute Gasteiger partial charge is 0.379 e. The van der Waals surface area contributed by atoms with Crippen LogP contribution in [0.25, 0.3) is 0 Å². The van der Waals surface area contributed by atoms with Crippen LogP contribution < -0.4 is 5.73 Å². The smallest absolute Gasteiger partial charge is 0.151 e. The molecule has 0 fully saturated rings. The lowest BCUT2D eigenvalue weighted by Crippen LogP contribution is -2.05. The molecule has 0 spiro atoms. The molecule has 0 aliphatic heterocycles. The first-order valence-corrected chi connectivity index (χ1v) is 5.86. The second-order valence-electron chi connectivity index (χ2n) is 3.10. The maximum Gasteiger partial charge on any atom is 0.151 e. The van der Waals surface area contributed by atoms with E-state index in [1.807, 2.05) is 30.3 Å². The summed E-state index contributed by atoms with van der Waals surface area (Å²) in [4.78, 5) is 0. The Morgan fingerprint density at radius 3 is 2.73 bits per heavy atom. The van der Waals surface area contributed by atoms with Crippen molar-refractivity contribution in [2.75, 3.05) is 12.4 Å². The van der Waals surface area contributed by atoms with Crippen molar-refractivity contribution in [1.82, 2.24) is 0 Å². The molecule has 82 valence electrons. The topological polar surface area (TPSA) is 59.1 Å². The highest BCUT2D eigenvalue weighted by atomic mass is 32.2. The SMILES string of the molecule is N=C(N)SCCCOCc1ccccc1. The first-order valence-electron chi connectivity index (χ1n) is 4.87. The summed E-state index contributed by atoms with van der Waals surface area (Å²) < 4.78 is 5.48. The van der Waals surface area contributed by atoms with E-state index >= 15 is 0 Å². The fourth-order valence-corrected chi connectivity index (χ4v) is 1.59. The predicted molar refractivity (Wildman–Crippen MR) is 65.1 cm³/mol. The zero-order valence-corrected chi connectivity index (χ0v) is 9.43. The molecule has 0 atom stereocenters. The monoisotopic (exact) mass is 224 g/mol. The van der Waals surface area contributed by atoms with Crippen LogP contribution in [0.3, 0.4) is 0 Å². The molecule has 1 aromatic carbocycles. The molecule has 0 aromatic heterocycles. The number of ether oxygens (including phenoxy) is 1. The molecule has 0 amide bonds. The zero-order chi connectivity index (χ0) is 10.9. The summed E-state index contributed by atoms with van der Waals surface area (Å²) in [5.74, 6) is 0.851. The highest BCUT2D eigenvalue weighted by molar-refractivity contribution is 8.13. The minimum Gasteiger partial charge on any atom is -0.379 e. The minimum absolute atomic E-state index is 0.179. The first kappa shape index (κ1) is 12.1. The van der Waals surface area contributed by atoms with Gasteiger partial charge >= 0.3 is 0 Å². The number of thioether (sulfide) groups is 1. The predicted octanol–water partition coefficient (Wildman–Crippen LogP) is 2.22. The third kappa shape index (κ3) is 6.14. The highest BCUT2D eigenvalue weighted by Gasteiger charge is 1.93. The molecular weight excluding hydrogens is 208 g/mol. The van der Waals surface area contributed by atoms with Crippen LogP contribution in [0.4, 0.5) is 0 Å². The van der Waals surface area contributed by atoms with E-state index in [1.54, 1.807) is 0 Å². The van der Waals surface area contributed by atoms with Crippen molar-refractivity contribution in [1.29, 1.82) is 5.41 Å². The van der Waals surface area contributed by atoms with E-state index < -0.39 is 0 Å². The molecule has 0 saturated heterocycles. The van der Waals surface area contributed by atoms with Crippen LogP contribution in [0.15, 0.2) is 30.3 Å². The van der Waals surface area contributed by atoms with Crippen LogP contribution in [-0.4, -0.2) is 17.5 Å². The number of benzene rings is 1. The number of nitrogens with two attached hydrogens (primary N) is 1. The molecule has 0 bridgehead atoms. The maximum atomic E-state index is 7.01. The van der Waals surface area contributed by atoms with E-state index in [0.717, 1.165) is 18.8 Å². The summed E-state index contributed by atoms with van der Waals surface area (Å²) in [5, 5.41) is 7.19. The van der Waals surface area contributed by atoms with Gasteiger partial charge in [-0.3, -0.25) is 5.41 Å². The number of hydrogen-bond donors (Lipinski definition) is 2. The minimum atomic E-state index is 0.179. The lowest BCUT2D eigenvalue weighted by atomic mass is 10.2. The second-order valence-corrected chi connectivity index (χ2v) is 4.24. The third-order valence-electron chi connectivity index (χ3n) is 1.80. The molecule has 0 radical (unpaired) electrons. The summed E-state index contributed by atoms with van der Waals surface area (Å²) in [6.07, 6.45) is 0.928. The van der Waals surface area contributed by atoms with Crippen molar-refractivity contribution in [2.24, 2.45) is 5.73 Å². The molecule has 0 aliphatic rings. The Morgan fingerprint density at radius 1 is 1.33 bits per heavy atom. The molecule has 0 saturated carbocycles. The normalized spacial score (nSPS) is 10.1. The van der Waals surface area contributed by atoms with Crippen molar-refractivity contribution in [3.8, 4) is 0 Å². The average Bonchev–Trinajstić information content (AvgIpc) is 2.24. The average molecular weight is 224 g/mol. The summed E-state index contributed by atoms with van der Waals surface area (Å²) in [7, 11) is 0. The molecule has 1 aromatic rings. The Balaban J connectivity index is 2.00. The van der Waals surface area contributed by atoms with Gasteiger partial charge in [0.05, 0.1) is 6.61 Å². The van der Waals surface area contributed by atoms with E-state index in [2.05, 4.69) is 0 Å².